The second-order valence-electron chi connectivity index (χ2n) is 4.85. The Morgan fingerprint density at radius 2 is 2.05 bits per heavy atom. The molecule has 0 radical (unpaired) electrons. The number of aryl methyl sites for hydroxylation is 1. The topological polar surface area (TPSA) is 83.2 Å². The number of hydrogen-bond donors (Lipinski definition) is 3. The second kappa shape index (κ2) is 7.87. The Hall–Kier alpha value is -2.76. The van der Waals surface area contributed by atoms with Gasteiger partial charge in [-0.3, -0.25) is 20.4 Å². The standard InChI is InChI=1S/C16H19N3O3/c1-12-5-2-6-13(11-12)22-10-4-8-15(20)18-19-16(21)14-7-3-9-17-14/h2-3,5-7,9,11,17H,4,8,10H2,1H3,(H,18,20)(H,19,21). The molecule has 0 fully saturated rings. The lowest BCUT2D eigenvalue weighted by Gasteiger charge is -2.08. The summed E-state index contributed by atoms with van der Waals surface area (Å²) in [6.45, 7) is 2.44. The number of benzene rings is 1. The first-order valence-corrected chi connectivity index (χ1v) is 7.07. The molecule has 0 unspecified atom stereocenters. The molecule has 22 heavy (non-hydrogen) atoms. The second-order valence-corrected chi connectivity index (χ2v) is 4.85. The summed E-state index contributed by atoms with van der Waals surface area (Å²) in [5.74, 6) is 0.155. The van der Waals surface area contributed by atoms with Crippen molar-refractivity contribution in [3.8, 4) is 5.75 Å². The monoisotopic (exact) mass is 301 g/mol. The van der Waals surface area contributed by atoms with Crippen molar-refractivity contribution in [2.24, 2.45) is 0 Å². The van der Waals surface area contributed by atoms with E-state index in [1.165, 1.54) is 0 Å². The molecule has 0 aliphatic carbocycles. The van der Waals surface area contributed by atoms with Crippen molar-refractivity contribution in [3.63, 3.8) is 0 Å². The van der Waals surface area contributed by atoms with Crippen LogP contribution in [0.15, 0.2) is 42.6 Å². The number of hydrogen-bond acceptors (Lipinski definition) is 3. The van der Waals surface area contributed by atoms with Crippen LogP contribution in [0.5, 0.6) is 5.75 Å². The molecule has 0 spiro atoms. The predicted molar refractivity (Wildman–Crippen MR) is 82.3 cm³/mol. The third-order valence-electron chi connectivity index (χ3n) is 2.96. The molecule has 0 aliphatic heterocycles. The molecule has 0 atom stereocenters. The van der Waals surface area contributed by atoms with Gasteiger partial charge in [-0.05, 0) is 43.2 Å². The lowest BCUT2D eigenvalue weighted by molar-refractivity contribution is -0.122. The molecular weight excluding hydrogens is 282 g/mol. The van der Waals surface area contributed by atoms with Gasteiger partial charge in [-0.1, -0.05) is 12.1 Å². The van der Waals surface area contributed by atoms with E-state index in [-0.39, 0.29) is 18.2 Å². The van der Waals surface area contributed by atoms with Crippen LogP contribution in [-0.4, -0.2) is 23.4 Å². The van der Waals surface area contributed by atoms with Crippen molar-refractivity contribution in [1.82, 2.24) is 15.8 Å². The molecule has 2 rings (SSSR count). The van der Waals surface area contributed by atoms with E-state index in [1.807, 2.05) is 31.2 Å². The number of carbonyl (C=O) groups is 2. The third-order valence-corrected chi connectivity index (χ3v) is 2.96. The minimum Gasteiger partial charge on any atom is -0.494 e. The Kier molecular flexibility index (Phi) is 5.59. The Morgan fingerprint density at radius 3 is 2.77 bits per heavy atom. The fourth-order valence-electron chi connectivity index (χ4n) is 1.86. The van der Waals surface area contributed by atoms with Crippen LogP contribution in [0.3, 0.4) is 0 Å². The summed E-state index contributed by atoms with van der Waals surface area (Å²) >= 11 is 0. The van der Waals surface area contributed by atoms with Gasteiger partial charge in [0.15, 0.2) is 0 Å². The van der Waals surface area contributed by atoms with Crippen LogP contribution < -0.4 is 15.6 Å². The number of rotatable bonds is 6. The van der Waals surface area contributed by atoms with E-state index in [9.17, 15) is 9.59 Å². The molecule has 0 bridgehead atoms. The molecule has 0 aliphatic rings. The number of carbonyl (C=O) groups excluding carboxylic acids is 2. The summed E-state index contributed by atoms with van der Waals surface area (Å²) in [6, 6.07) is 11.1. The van der Waals surface area contributed by atoms with E-state index in [2.05, 4.69) is 15.8 Å². The number of aromatic amines is 1. The predicted octanol–water partition coefficient (Wildman–Crippen LogP) is 1.94. The summed E-state index contributed by atoms with van der Waals surface area (Å²) in [4.78, 5) is 25.9. The fraction of sp³-hybridized carbons (Fsp3) is 0.250. The van der Waals surface area contributed by atoms with Crippen molar-refractivity contribution < 1.29 is 14.3 Å². The first-order chi connectivity index (χ1) is 10.6. The molecular formula is C16H19N3O3. The first kappa shape index (κ1) is 15.6. The van der Waals surface area contributed by atoms with Crippen molar-refractivity contribution in [3.05, 3.63) is 53.9 Å². The van der Waals surface area contributed by atoms with E-state index in [0.29, 0.717) is 18.7 Å². The largest absolute Gasteiger partial charge is 0.494 e. The molecule has 0 saturated heterocycles. The van der Waals surface area contributed by atoms with Crippen molar-refractivity contribution in [2.45, 2.75) is 19.8 Å². The Balaban J connectivity index is 1.61. The van der Waals surface area contributed by atoms with Gasteiger partial charge in [-0.25, -0.2) is 0 Å². The van der Waals surface area contributed by atoms with Gasteiger partial charge >= 0.3 is 0 Å². The van der Waals surface area contributed by atoms with Gasteiger partial charge in [0, 0.05) is 12.6 Å². The van der Waals surface area contributed by atoms with Crippen molar-refractivity contribution in [1.29, 1.82) is 0 Å². The zero-order chi connectivity index (χ0) is 15.8. The van der Waals surface area contributed by atoms with E-state index in [0.717, 1.165) is 11.3 Å². The summed E-state index contributed by atoms with van der Waals surface area (Å²) in [7, 11) is 0. The summed E-state index contributed by atoms with van der Waals surface area (Å²) in [5.41, 5.74) is 6.22. The quantitative estimate of drug-likeness (QED) is 0.563. The van der Waals surface area contributed by atoms with Gasteiger partial charge in [0.05, 0.1) is 6.61 Å². The first-order valence-electron chi connectivity index (χ1n) is 7.07. The molecule has 6 nitrogen and oxygen atoms in total. The maximum Gasteiger partial charge on any atom is 0.286 e. The van der Waals surface area contributed by atoms with Crippen LogP contribution in [-0.2, 0) is 4.79 Å². The minimum atomic E-state index is -0.380. The summed E-state index contributed by atoms with van der Waals surface area (Å²) < 4.78 is 5.55. The molecule has 1 aromatic carbocycles. The maximum absolute atomic E-state index is 11.6. The Bertz CT molecular complexity index is 623. The molecule has 1 heterocycles. The van der Waals surface area contributed by atoms with E-state index < -0.39 is 0 Å². The highest BCUT2D eigenvalue weighted by Gasteiger charge is 2.07. The number of nitrogens with one attached hydrogen (secondary N) is 3. The average Bonchev–Trinajstić information content (AvgIpc) is 3.04. The van der Waals surface area contributed by atoms with Crippen molar-refractivity contribution >= 4 is 11.8 Å². The average molecular weight is 301 g/mol. The molecule has 1 aromatic heterocycles. The number of ether oxygens (including phenoxy) is 1. The molecule has 2 amide bonds. The highest BCUT2D eigenvalue weighted by molar-refractivity contribution is 5.93. The summed E-state index contributed by atoms with van der Waals surface area (Å²) in [5, 5.41) is 0. The van der Waals surface area contributed by atoms with E-state index in [1.54, 1.807) is 18.3 Å². The molecule has 6 heteroatoms. The van der Waals surface area contributed by atoms with Crippen LogP contribution in [0.1, 0.15) is 28.9 Å². The highest BCUT2D eigenvalue weighted by Crippen LogP contribution is 2.12. The maximum atomic E-state index is 11.6. The van der Waals surface area contributed by atoms with Gasteiger partial charge < -0.3 is 9.72 Å². The fourth-order valence-corrected chi connectivity index (χ4v) is 1.86. The lowest BCUT2D eigenvalue weighted by atomic mass is 10.2. The highest BCUT2D eigenvalue weighted by atomic mass is 16.5. The smallest absolute Gasteiger partial charge is 0.286 e. The SMILES string of the molecule is Cc1cccc(OCCCC(=O)NNC(=O)c2ccc[nH]2)c1. The summed E-state index contributed by atoms with van der Waals surface area (Å²) in [6.07, 6.45) is 2.48. The van der Waals surface area contributed by atoms with E-state index in [4.69, 9.17) is 4.74 Å². The van der Waals surface area contributed by atoms with Crippen LogP contribution in [0.4, 0.5) is 0 Å². The number of H-pyrrole nitrogens is 1. The normalized spacial score (nSPS) is 10.0. The number of hydrazine groups is 1. The molecule has 2 aromatic rings. The molecule has 116 valence electrons. The van der Waals surface area contributed by atoms with Crippen LogP contribution in [0.25, 0.3) is 0 Å². The number of aromatic nitrogens is 1. The third kappa shape index (κ3) is 4.97. The number of amides is 2. The van der Waals surface area contributed by atoms with Crippen molar-refractivity contribution in [2.75, 3.05) is 6.61 Å². The van der Waals surface area contributed by atoms with Crippen LogP contribution in [0, 0.1) is 6.92 Å². The Labute approximate surface area is 128 Å². The van der Waals surface area contributed by atoms with Gasteiger partial charge in [0.1, 0.15) is 11.4 Å². The minimum absolute atomic E-state index is 0.257. The zero-order valence-electron chi connectivity index (χ0n) is 12.4. The van der Waals surface area contributed by atoms with Crippen LogP contribution in [0.2, 0.25) is 0 Å². The van der Waals surface area contributed by atoms with Gasteiger partial charge in [0.2, 0.25) is 5.91 Å². The van der Waals surface area contributed by atoms with Gasteiger partial charge in [0.25, 0.3) is 5.91 Å². The molecule has 0 saturated carbocycles. The van der Waals surface area contributed by atoms with Crippen LogP contribution >= 0.6 is 0 Å². The van der Waals surface area contributed by atoms with E-state index >= 15 is 0 Å². The Morgan fingerprint density at radius 1 is 1.18 bits per heavy atom. The lowest BCUT2D eigenvalue weighted by Crippen LogP contribution is -2.41. The van der Waals surface area contributed by atoms with Gasteiger partial charge in [-0.15, -0.1) is 0 Å². The van der Waals surface area contributed by atoms with Gasteiger partial charge in [-0.2, -0.15) is 0 Å². The zero-order valence-corrected chi connectivity index (χ0v) is 12.4. The molecule has 3 N–H and O–H groups in total.